The average Bonchev–Trinajstić information content (AvgIpc) is 3.57. The number of aryl methyl sites for hydroxylation is 1. The summed E-state index contributed by atoms with van der Waals surface area (Å²) in [4.78, 5) is 28.0. The van der Waals surface area contributed by atoms with Crippen LogP contribution < -0.4 is 16.0 Å². The van der Waals surface area contributed by atoms with E-state index in [0.29, 0.717) is 17.7 Å². The van der Waals surface area contributed by atoms with E-state index in [2.05, 4.69) is 65.3 Å². The van der Waals surface area contributed by atoms with Crippen LogP contribution in [0, 0.1) is 12.8 Å². The minimum Gasteiger partial charge on any atom is -0.351 e. The van der Waals surface area contributed by atoms with Gasteiger partial charge in [-0.2, -0.15) is 0 Å². The predicted molar refractivity (Wildman–Crippen MR) is 157 cm³/mol. The van der Waals surface area contributed by atoms with E-state index in [1.54, 1.807) is 0 Å². The lowest BCUT2D eigenvalue weighted by Gasteiger charge is -2.32. The normalized spacial score (nSPS) is 18.3. The zero-order chi connectivity index (χ0) is 26.4. The Morgan fingerprint density at radius 2 is 1.82 bits per heavy atom. The summed E-state index contributed by atoms with van der Waals surface area (Å²) in [7, 11) is 0. The van der Waals surface area contributed by atoms with Crippen LogP contribution in [0.1, 0.15) is 78.6 Å². The van der Waals surface area contributed by atoms with Crippen molar-refractivity contribution in [2.24, 2.45) is 5.92 Å². The lowest BCUT2D eigenvalue weighted by atomic mass is 9.90. The molecule has 5 nitrogen and oxygen atoms in total. The number of hydrogen-bond donors (Lipinski definition) is 3. The quantitative estimate of drug-likeness (QED) is 0.294. The SMILES string of the molecule is Cc1ccc2cc(C(=O)NC3(C(=O)NC(CCCC4CCNCC4)Cc4ccccc4)CCCC3)sc2c1. The molecule has 2 fully saturated rings. The zero-order valence-electron chi connectivity index (χ0n) is 22.6. The average molecular weight is 532 g/mol. The first kappa shape index (κ1) is 26.9. The zero-order valence-corrected chi connectivity index (χ0v) is 23.4. The van der Waals surface area contributed by atoms with Crippen LogP contribution in [-0.4, -0.2) is 36.5 Å². The highest BCUT2D eigenvalue weighted by molar-refractivity contribution is 7.20. The van der Waals surface area contributed by atoms with Crippen LogP contribution in [-0.2, 0) is 11.2 Å². The Morgan fingerprint density at radius 1 is 1.05 bits per heavy atom. The third-order valence-corrected chi connectivity index (χ3v) is 9.52. The van der Waals surface area contributed by atoms with E-state index >= 15 is 0 Å². The van der Waals surface area contributed by atoms with Gasteiger partial charge >= 0.3 is 0 Å². The second-order valence-electron chi connectivity index (χ2n) is 11.4. The highest BCUT2D eigenvalue weighted by Crippen LogP contribution is 2.33. The second kappa shape index (κ2) is 12.4. The van der Waals surface area contributed by atoms with Gasteiger partial charge in [-0.3, -0.25) is 9.59 Å². The lowest BCUT2D eigenvalue weighted by Crippen LogP contribution is -2.59. The molecule has 1 aromatic heterocycles. The Hall–Kier alpha value is -2.70. The Bertz CT molecular complexity index is 1230. The van der Waals surface area contributed by atoms with Gasteiger partial charge in [0.1, 0.15) is 5.54 Å². The molecule has 0 radical (unpaired) electrons. The predicted octanol–water partition coefficient (Wildman–Crippen LogP) is 6.15. The molecule has 2 aromatic carbocycles. The van der Waals surface area contributed by atoms with Crippen LogP contribution in [0.4, 0.5) is 0 Å². The van der Waals surface area contributed by atoms with E-state index in [-0.39, 0.29) is 17.9 Å². The van der Waals surface area contributed by atoms with E-state index in [1.807, 2.05) is 12.1 Å². The highest BCUT2D eigenvalue weighted by Gasteiger charge is 2.43. The molecule has 1 saturated carbocycles. The van der Waals surface area contributed by atoms with Crippen molar-refractivity contribution >= 4 is 33.2 Å². The third kappa shape index (κ3) is 6.65. The topological polar surface area (TPSA) is 70.2 Å². The largest absolute Gasteiger partial charge is 0.351 e. The number of piperidine rings is 1. The molecular formula is C32H41N3O2S. The molecule has 3 aromatic rings. The minimum absolute atomic E-state index is 0.0110. The molecular weight excluding hydrogens is 490 g/mol. The minimum atomic E-state index is -0.826. The Labute approximate surface area is 230 Å². The summed E-state index contributed by atoms with van der Waals surface area (Å²) in [5.74, 6) is 0.643. The van der Waals surface area contributed by atoms with Crippen LogP contribution in [0.15, 0.2) is 54.6 Å². The number of amides is 2. The molecule has 0 bridgehead atoms. The van der Waals surface area contributed by atoms with Crippen molar-refractivity contribution in [3.63, 3.8) is 0 Å². The maximum absolute atomic E-state index is 13.9. The Balaban J connectivity index is 1.27. The number of benzene rings is 2. The van der Waals surface area contributed by atoms with E-state index in [0.717, 1.165) is 61.2 Å². The van der Waals surface area contributed by atoms with E-state index in [4.69, 9.17) is 0 Å². The second-order valence-corrected chi connectivity index (χ2v) is 12.5. The number of nitrogens with one attached hydrogen (secondary N) is 3. The molecule has 6 heteroatoms. The summed E-state index contributed by atoms with van der Waals surface area (Å²) in [5, 5.41) is 11.2. The number of fused-ring (bicyclic) bond motifs is 1. The molecule has 2 amide bonds. The number of hydrogen-bond acceptors (Lipinski definition) is 4. The summed E-state index contributed by atoms with van der Waals surface area (Å²) >= 11 is 1.51. The van der Waals surface area contributed by atoms with Crippen molar-refractivity contribution in [3.8, 4) is 0 Å². The van der Waals surface area contributed by atoms with Crippen molar-refractivity contribution in [2.45, 2.75) is 82.7 Å². The van der Waals surface area contributed by atoms with Gasteiger partial charge in [0.25, 0.3) is 5.91 Å². The van der Waals surface area contributed by atoms with E-state index in [9.17, 15) is 9.59 Å². The number of rotatable bonds is 10. The fourth-order valence-corrected chi connectivity index (χ4v) is 7.24. The molecule has 1 atom stereocenters. The summed E-state index contributed by atoms with van der Waals surface area (Å²) in [6.07, 6.45) is 9.92. The van der Waals surface area contributed by atoms with Crippen LogP contribution in [0.3, 0.4) is 0 Å². The summed E-state index contributed by atoms with van der Waals surface area (Å²) in [5.41, 5.74) is 1.60. The first-order chi connectivity index (χ1) is 18.5. The molecule has 1 unspecified atom stereocenters. The first-order valence-electron chi connectivity index (χ1n) is 14.4. The van der Waals surface area contributed by atoms with Gasteiger partial charge in [0.15, 0.2) is 0 Å². The van der Waals surface area contributed by atoms with Crippen LogP contribution in [0.25, 0.3) is 10.1 Å². The van der Waals surface area contributed by atoms with Crippen LogP contribution in [0.5, 0.6) is 0 Å². The lowest BCUT2D eigenvalue weighted by molar-refractivity contribution is -0.128. The number of carbonyl (C=O) groups is 2. The van der Waals surface area contributed by atoms with Crippen LogP contribution in [0.2, 0.25) is 0 Å². The van der Waals surface area contributed by atoms with Gasteiger partial charge in [0, 0.05) is 10.7 Å². The monoisotopic (exact) mass is 531 g/mol. The molecule has 1 saturated heterocycles. The smallest absolute Gasteiger partial charge is 0.262 e. The Morgan fingerprint density at radius 3 is 2.58 bits per heavy atom. The van der Waals surface area contributed by atoms with Crippen molar-refractivity contribution in [2.75, 3.05) is 13.1 Å². The maximum atomic E-state index is 13.9. The van der Waals surface area contributed by atoms with Gasteiger partial charge in [-0.25, -0.2) is 0 Å². The highest BCUT2D eigenvalue weighted by atomic mass is 32.1. The molecule has 2 heterocycles. The fraction of sp³-hybridized carbons (Fsp3) is 0.500. The Kier molecular flexibility index (Phi) is 8.80. The van der Waals surface area contributed by atoms with E-state index < -0.39 is 5.54 Å². The van der Waals surface area contributed by atoms with Crippen molar-refractivity contribution < 1.29 is 9.59 Å². The van der Waals surface area contributed by atoms with Gasteiger partial charge in [0.2, 0.25) is 5.91 Å². The molecule has 0 spiro atoms. The van der Waals surface area contributed by atoms with Gasteiger partial charge in [0.05, 0.1) is 4.88 Å². The molecule has 1 aliphatic carbocycles. The standard InChI is InChI=1S/C32H41N3O2S/c1-23-12-13-26-22-29(38-28(26)20-23)30(36)35-32(16-5-6-17-32)31(37)34-27(21-25-8-3-2-4-9-25)11-7-10-24-14-18-33-19-15-24/h2-4,8-9,12-13,20,22,24,27,33H,5-7,10-11,14-19,21H2,1H3,(H,34,37)(H,35,36). The number of carbonyl (C=O) groups excluding carboxylic acids is 2. The van der Waals surface area contributed by atoms with Crippen molar-refractivity contribution in [1.82, 2.24) is 16.0 Å². The molecule has 38 heavy (non-hydrogen) atoms. The van der Waals surface area contributed by atoms with Gasteiger partial charge in [-0.1, -0.05) is 68.1 Å². The summed E-state index contributed by atoms with van der Waals surface area (Å²) in [6.45, 7) is 4.31. The number of thiophene rings is 1. The summed E-state index contributed by atoms with van der Waals surface area (Å²) in [6, 6.07) is 18.7. The molecule has 3 N–H and O–H groups in total. The first-order valence-corrected chi connectivity index (χ1v) is 15.2. The van der Waals surface area contributed by atoms with E-state index in [1.165, 1.54) is 41.7 Å². The summed E-state index contributed by atoms with van der Waals surface area (Å²) < 4.78 is 1.11. The maximum Gasteiger partial charge on any atom is 0.262 e. The van der Waals surface area contributed by atoms with Crippen molar-refractivity contribution in [1.29, 1.82) is 0 Å². The molecule has 5 rings (SSSR count). The van der Waals surface area contributed by atoms with Crippen LogP contribution >= 0.6 is 11.3 Å². The third-order valence-electron chi connectivity index (χ3n) is 8.43. The molecule has 1 aliphatic heterocycles. The fourth-order valence-electron chi connectivity index (χ4n) is 6.19. The van der Waals surface area contributed by atoms with Gasteiger partial charge < -0.3 is 16.0 Å². The van der Waals surface area contributed by atoms with Gasteiger partial charge in [-0.05, 0) is 93.1 Å². The van der Waals surface area contributed by atoms with Crippen molar-refractivity contribution in [3.05, 3.63) is 70.6 Å². The molecule has 202 valence electrons. The molecule has 2 aliphatic rings. The van der Waals surface area contributed by atoms with Gasteiger partial charge in [-0.15, -0.1) is 11.3 Å².